The van der Waals surface area contributed by atoms with Crippen molar-refractivity contribution in [3.05, 3.63) is 12.2 Å². The van der Waals surface area contributed by atoms with Gasteiger partial charge in [0, 0.05) is 33.2 Å². The zero-order valence-electron chi connectivity index (χ0n) is 11.4. The highest BCUT2D eigenvalue weighted by Gasteiger charge is 2.23. The first-order valence-corrected chi connectivity index (χ1v) is 6.38. The van der Waals surface area contributed by atoms with Crippen molar-refractivity contribution in [2.75, 3.05) is 26.2 Å². The summed E-state index contributed by atoms with van der Waals surface area (Å²) >= 11 is 0. The number of rotatable bonds is 4. The molecule has 0 aromatic carbocycles. The van der Waals surface area contributed by atoms with Gasteiger partial charge in [0.25, 0.3) is 0 Å². The van der Waals surface area contributed by atoms with Gasteiger partial charge in [0.2, 0.25) is 0 Å². The van der Waals surface area contributed by atoms with Crippen LogP contribution in [0.25, 0.3) is 0 Å². The molecule has 1 aromatic heterocycles. The molecular weight excluding hydrogens is 246 g/mol. The van der Waals surface area contributed by atoms with Crippen molar-refractivity contribution in [1.82, 2.24) is 24.6 Å². The Bertz CT molecular complexity index is 436. The van der Waals surface area contributed by atoms with Gasteiger partial charge in [-0.25, -0.2) is 4.98 Å². The Labute approximate surface area is 112 Å². The maximum Gasteiger partial charge on any atom is 0.156 e. The van der Waals surface area contributed by atoms with Gasteiger partial charge in [-0.15, -0.1) is 0 Å². The third-order valence-corrected chi connectivity index (χ3v) is 3.67. The Balaban J connectivity index is 1.84. The number of oxime groups is 1. The zero-order valence-corrected chi connectivity index (χ0v) is 11.4. The predicted octanol–water partition coefficient (Wildman–Crippen LogP) is -0.932. The minimum absolute atomic E-state index is 0.0259. The summed E-state index contributed by atoms with van der Waals surface area (Å²) in [5.74, 6) is 1.24. The molecule has 1 fully saturated rings. The van der Waals surface area contributed by atoms with Gasteiger partial charge in [-0.1, -0.05) is 5.16 Å². The van der Waals surface area contributed by atoms with Gasteiger partial charge in [-0.2, -0.15) is 5.10 Å². The Kier molecular flexibility index (Phi) is 4.33. The van der Waals surface area contributed by atoms with Crippen LogP contribution in [0.15, 0.2) is 11.5 Å². The number of hydrogen-bond donors (Lipinski definition) is 2. The average Bonchev–Trinajstić information content (AvgIpc) is 2.83. The minimum atomic E-state index is -0.0259. The summed E-state index contributed by atoms with van der Waals surface area (Å²) in [4.78, 5) is 8.77. The van der Waals surface area contributed by atoms with Crippen molar-refractivity contribution in [3.8, 4) is 0 Å². The zero-order chi connectivity index (χ0) is 13.8. The maximum atomic E-state index is 8.70. The molecule has 19 heavy (non-hydrogen) atoms. The van der Waals surface area contributed by atoms with E-state index in [4.69, 9.17) is 10.9 Å². The van der Waals surface area contributed by atoms with Gasteiger partial charge in [0.15, 0.2) is 5.84 Å². The van der Waals surface area contributed by atoms with Crippen LogP contribution in [-0.2, 0) is 13.6 Å². The van der Waals surface area contributed by atoms with E-state index in [9.17, 15) is 0 Å². The summed E-state index contributed by atoms with van der Waals surface area (Å²) in [6.45, 7) is 6.44. The van der Waals surface area contributed by atoms with E-state index in [1.165, 1.54) is 0 Å². The lowest BCUT2D eigenvalue weighted by Crippen LogP contribution is -2.52. The highest BCUT2D eigenvalue weighted by Crippen LogP contribution is 2.09. The van der Waals surface area contributed by atoms with Crippen molar-refractivity contribution in [3.63, 3.8) is 0 Å². The van der Waals surface area contributed by atoms with Crippen molar-refractivity contribution in [1.29, 1.82) is 0 Å². The summed E-state index contributed by atoms with van der Waals surface area (Å²) in [5, 5.41) is 15.8. The molecule has 2 rings (SSSR count). The predicted molar refractivity (Wildman–Crippen MR) is 70.7 cm³/mol. The number of hydrogen-bond acceptors (Lipinski definition) is 6. The van der Waals surface area contributed by atoms with E-state index in [1.807, 2.05) is 14.0 Å². The molecule has 0 bridgehead atoms. The molecule has 1 saturated heterocycles. The van der Waals surface area contributed by atoms with Crippen LogP contribution in [-0.4, -0.2) is 67.8 Å². The van der Waals surface area contributed by atoms with Gasteiger partial charge < -0.3 is 10.9 Å². The van der Waals surface area contributed by atoms with Crippen molar-refractivity contribution < 1.29 is 5.21 Å². The summed E-state index contributed by atoms with van der Waals surface area (Å²) in [6.07, 6.45) is 1.58. The molecule has 2 heterocycles. The number of amidine groups is 1. The first-order chi connectivity index (χ1) is 9.11. The van der Waals surface area contributed by atoms with Gasteiger partial charge in [0.05, 0.1) is 12.6 Å². The molecule has 1 aliphatic heterocycles. The van der Waals surface area contributed by atoms with E-state index in [-0.39, 0.29) is 11.9 Å². The molecule has 8 nitrogen and oxygen atoms in total. The molecule has 3 N–H and O–H groups in total. The molecule has 0 amide bonds. The van der Waals surface area contributed by atoms with Crippen LogP contribution in [0.3, 0.4) is 0 Å². The van der Waals surface area contributed by atoms with Gasteiger partial charge >= 0.3 is 0 Å². The summed E-state index contributed by atoms with van der Waals surface area (Å²) in [7, 11) is 1.90. The second-order valence-corrected chi connectivity index (χ2v) is 4.81. The lowest BCUT2D eigenvalue weighted by atomic mass is 10.2. The highest BCUT2D eigenvalue weighted by atomic mass is 16.4. The average molecular weight is 267 g/mol. The van der Waals surface area contributed by atoms with E-state index in [1.54, 1.807) is 11.0 Å². The normalized spacial score (nSPS) is 20.6. The van der Waals surface area contributed by atoms with Gasteiger partial charge in [-0.05, 0) is 6.92 Å². The quantitative estimate of drug-likeness (QED) is 0.317. The number of nitrogens with two attached hydrogens (primary N) is 1. The fourth-order valence-electron chi connectivity index (χ4n) is 2.24. The first-order valence-electron chi connectivity index (χ1n) is 6.38. The Morgan fingerprint density at radius 2 is 2.16 bits per heavy atom. The fourth-order valence-corrected chi connectivity index (χ4v) is 2.24. The third kappa shape index (κ3) is 3.21. The SMILES string of the molecule is CC(C(N)=NO)N1CCN(Cc2ncnn2C)CC1. The van der Waals surface area contributed by atoms with Gasteiger partial charge in [0.1, 0.15) is 12.2 Å². The van der Waals surface area contributed by atoms with Crippen molar-refractivity contribution in [2.45, 2.75) is 19.5 Å². The fraction of sp³-hybridized carbons (Fsp3) is 0.727. The number of nitrogens with zero attached hydrogens (tertiary/aromatic N) is 6. The smallest absolute Gasteiger partial charge is 0.156 e. The molecule has 1 aromatic rings. The lowest BCUT2D eigenvalue weighted by Gasteiger charge is -2.37. The Hall–Kier alpha value is -1.67. The monoisotopic (exact) mass is 267 g/mol. The molecule has 0 saturated carbocycles. The van der Waals surface area contributed by atoms with E-state index >= 15 is 0 Å². The highest BCUT2D eigenvalue weighted by molar-refractivity contribution is 5.84. The first kappa shape index (κ1) is 13.8. The maximum absolute atomic E-state index is 8.70. The molecule has 1 atom stereocenters. The summed E-state index contributed by atoms with van der Waals surface area (Å²) in [5.41, 5.74) is 5.63. The van der Waals surface area contributed by atoms with E-state index in [2.05, 4.69) is 25.0 Å². The number of aromatic nitrogens is 3. The van der Waals surface area contributed by atoms with Crippen LogP contribution >= 0.6 is 0 Å². The van der Waals surface area contributed by atoms with E-state index in [0.717, 1.165) is 38.5 Å². The van der Waals surface area contributed by atoms with E-state index < -0.39 is 0 Å². The molecular formula is C11H21N7O. The molecule has 106 valence electrons. The largest absolute Gasteiger partial charge is 0.409 e. The summed E-state index contributed by atoms with van der Waals surface area (Å²) < 4.78 is 1.80. The second kappa shape index (κ2) is 5.98. The topological polar surface area (TPSA) is 95.8 Å². The van der Waals surface area contributed by atoms with Gasteiger partial charge in [-0.3, -0.25) is 14.5 Å². The molecule has 0 spiro atoms. The molecule has 1 aliphatic rings. The van der Waals surface area contributed by atoms with Crippen molar-refractivity contribution >= 4 is 5.84 Å². The lowest BCUT2D eigenvalue weighted by molar-refractivity contribution is 0.113. The second-order valence-electron chi connectivity index (χ2n) is 4.81. The molecule has 1 unspecified atom stereocenters. The standard InChI is InChI=1S/C11H21N7O/c1-9(11(12)15-19)18-5-3-17(4-6-18)7-10-13-8-14-16(10)2/h8-9,19H,3-7H2,1-2H3,(H2,12,15). The van der Waals surface area contributed by atoms with Crippen LogP contribution in [0.2, 0.25) is 0 Å². The molecule has 8 heteroatoms. The van der Waals surface area contributed by atoms with Crippen LogP contribution in [0.1, 0.15) is 12.7 Å². The van der Waals surface area contributed by atoms with Crippen LogP contribution in [0, 0.1) is 0 Å². The summed E-state index contributed by atoms with van der Waals surface area (Å²) in [6, 6.07) is -0.0259. The molecule has 0 aliphatic carbocycles. The third-order valence-electron chi connectivity index (χ3n) is 3.67. The minimum Gasteiger partial charge on any atom is -0.409 e. The number of piperazine rings is 1. The van der Waals surface area contributed by atoms with Crippen LogP contribution in [0.5, 0.6) is 0 Å². The van der Waals surface area contributed by atoms with Crippen LogP contribution < -0.4 is 5.73 Å². The Morgan fingerprint density at radius 1 is 1.47 bits per heavy atom. The molecule has 0 radical (unpaired) electrons. The van der Waals surface area contributed by atoms with Crippen LogP contribution in [0.4, 0.5) is 0 Å². The Morgan fingerprint density at radius 3 is 2.68 bits per heavy atom. The van der Waals surface area contributed by atoms with Crippen molar-refractivity contribution in [2.24, 2.45) is 17.9 Å². The van der Waals surface area contributed by atoms with E-state index in [0.29, 0.717) is 0 Å². The number of aryl methyl sites for hydroxylation is 1.